The second-order valence-electron chi connectivity index (χ2n) is 4.61. The van der Waals surface area contributed by atoms with E-state index in [1.54, 1.807) is 18.2 Å². The van der Waals surface area contributed by atoms with E-state index in [1.807, 2.05) is 26.0 Å². The van der Waals surface area contributed by atoms with Crippen molar-refractivity contribution in [3.05, 3.63) is 47.1 Å². The van der Waals surface area contributed by atoms with Crippen molar-refractivity contribution in [2.45, 2.75) is 13.8 Å². The molecule has 6 nitrogen and oxygen atoms in total. The molecule has 2 rings (SSSR count). The average molecular weight is 348 g/mol. The summed E-state index contributed by atoms with van der Waals surface area (Å²) in [6.07, 6.45) is 4.55. The third-order valence-corrected chi connectivity index (χ3v) is 3.09. The minimum atomic E-state index is -0.321. The van der Waals surface area contributed by atoms with E-state index >= 15 is 0 Å². The quantitative estimate of drug-likeness (QED) is 0.775. The minimum absolute atomic E-state index is 0.204. The Labute approximate surface area is 145 Å². The van der Waals surface area contributed by atoms with Gasteiger partial charge in [0.1, 0.15) is 5.69 Å². The molecule has 0 atom stereocenters. The molecule has 7 heteroatoms. The predicted octanol–water partition coefficient (Wildman–Crippen LogP) is 3.58. The number of benzene rings is 1. The van der Waals surface area contributed by atoms with E-state index in [9.17, 15) is 4.79 Å². The van der Waals surface area contributed by atoms with Crippen LogP contribution in [0.5, 0.6) is 11.9 Å². The highest BCUT2D eigenvalue weighted by atomic mass is 35.5. The van der Waals surface area contributed by atoms with Crippen molar-refractivity contribution in [2.75, 3.05) is 18.5 Å². The molecule has 1 aromatic carbocycles. The average Bonchev–Trinajstić information content (AvgIpc) is 2.57. The fraction of sp³-hybridized carbons (Fsp3) is 0.235. The number of halogens is 1. The van der Waals surface area contributed by atoms with Gasteiger partial charge >= 0.3 is 6.01 Å². The van der Waals surface area contributed by atoms with Crippen molar-refractivity contribution >= 4 is 29.3 Å². The number of ether oxygens (including phenoxy) is 2. The second-order valence-corrected chi connectivity index (χ2v) is 5.05. The first-order chi connectivity index (χ1) is 11.6. The Morgan fingerprint density at radius 2 is 1.92 bits per heavy atom. The summed E-state index contributed by atoms with van der Waals surface area (Å²) in [5.74, 6) is -0.0529. The first-order valence-electron chi connectivity index (χ1n) is 7.49. The largest absolute Gasteiger partial charge is 0.476 e. The second kappa shape index (κ2) is 8.88. The number of hydrogen-bond acceptors (Lipinski definition) is 5. The number of amides is 1. The summed E-state index contributed by atoms with van der Waals surface area (Å²) >= 11 is 5.82. The Morgan fingerprint density at radius 1 is 1.21 bits per heavy atom. The van der Waals surface area contributed by atoms with E-state index in [2.05, 4.69) is 15.3 Å². The summed E-state index contributed by atoms with van der Waals surface area (Å²) < 4.78 is 10.6. The number of hydrogen-bond donors (Lipinski definition) is 1. The van der Waals surface area contributed by atoms with Crippen LogP contribution in [0.2, 0.25) is 5.02 Å². The number of nitrogens with one attached hydrogen (secondary N) is 1. The molecule has 0 radical (unpaired) electrons. The van der Waals surface area contributed by atoms with E-state index in [4.69, 9.17) is 21.1 Å². The number of aromatic nitrogens is 2. The molecule has 0 aliphatic carbocycles. The van der Waals surface area contributed by atoms with E-state index in [0.29, 0.717) is 23.9 Å². The summed E-state index contributed by atoms with van der Waals surface area (Å²) in [5, 5.41) is 3.33. The molecule has 1 heterocycles. The molecule has 0 spiro atoms. The number of carbonyl (C=O) groups excluding carboxylic acids is 1. The molecule has 0 unspecified atom stereocenters. The highest BCUT2D eigenvalue weighted by molar-refractivity contribution is 6.30. The van der Waals surface area contributed by atoms with Gasteiger partial charge in [0.25, 0.3) is 0 Å². The summed E-state index contributed by atoms with van der Waals surface area (Å²) in [4.78, 5) is 20.2. The molecular weight excluding hydrogens is 330 g/mol. The SMILES string of the molecule is CCOc1ncc(NC(=O)/C=C/c2ccc(Cl)cc2)c(OCC)n1. The minimum Gasteiger partial charge on any atom is -0.476 e. The number of nitrogens with zero attached hydrogens (tertiary/aromatic N) is 2. The van der Waals surface area contributed by atoms with Crippen molar-refractivity contribution in [3.8, 4) is 11.9 Å². The molecule has 24 heavy (non-hydrogen) atoms. The lowest BCUT2D eigenvalue weighted by Crippen LogP contribution is -2.11. The fourth-order valence-electron chi connectivity index (χ4n) is 1.80. The van der Waals surface area contributed by atoms with Crippen LogP contribution in [0, 0.1) is 0 Å². The predicted molar refractivity (Wildman–Crippen MR) is 93.5 cm³/mol. The number of rotatable bonds is 7. The van der Waals surface area contributed by atoms with E-state index in [0.717, 1.165) is 5.56 Å². The summed E-state index contributed by atoms with van der Waals surface area (Å²) in [6.45, 7) is 4.52. The van der Waals surface area contributed by atoms with Crippen molar-refractivity contribution in [1.29, 1.82) is 0 Å². The topological polar surface area (TPSA) is 73.3 Å². The van der Waals surface area contributed by atoms with Gasteiger partial charge in [0, 0.05) is 11.1 Å². The van der Waals surface area contributed by atoms with Gasteiger partial charge in [-0.05, 0) is 37.6 Å². The summed E-state index contributed by atoms with van der Waals surface area (Å²) in [6, 6.07) is 7.35. The molecule has 1 amide bonds. The van der Waals surface area contributed by atoms with Crippen LogP contribution in [0.3, 0.4) is 0 Å². The lowest BCUT2D eigenvalue weighted by Gasteiger charge is -2.10. The zero-order valence-corrected chi connectivity index (χ0v) is 14.2. The molecule has 0 saturated heterocycles. The lowest BCUT2D eigenvalue weighted by molar-refractivity contribution is -0.111. The molecule has 2 aromatic rings. The van der Waals surface area contributed by atoms with Crippen LogP contribution in [0.1, 0.15) is 19.4 Å². The molecular formula is C17H18ClN3O3. The summed E-state index contributed by atoms with van der Waals surface area (Å²) in [5.41, 5.74) is 1.24. The van der Waals surface area contributed by atoms with Gasteiger partial charge in [0.15, 0.2) is 0 Å². The molecule has 0 fully saturated rings. The molecule has 126 valence electrons. The molecule has 0 saturated carbocycles. The molecule has 0 bridgehead atoms. The monoisotopic (exact) mass is 347 g/mol. The molecule has 1 N–H and O–H groups in total. The Morgan fingerprint density at radius 3 is 2.58 bits per heavy atom. The van der Waals surface area contributed by atoms with Crippen LogP contribution in [0.4, 0.5) is 5.69 Å². The van der Waals surface area contributed by atoms with Gasteiger partial charge in [-0.25, -0.2) is 4.98 Å². The Kier molecular flexibility index (Phi) is 6.57. The van der Waals surface area contributed by atoms with Crippen LogP contribution < -0.4 is 14.8 Å². The maximum atomic E-state index is 12.1. The van der Waals surface area contributed by atoms with Crippen molar-refractivity contribution < 1.29 is 14.3 Å². The standard InChI is InChI=1S/C17H18ClN3O3/c1-3-23-16-14(11-19-17(21-16)24-4-2)20-15(22)10-7-12-5-8-13(18)9-6-12/h5-11H,3-4H2,1-2H3,(H,20,22)/b10-7+. The Balaban J connectivity index is 2.08. The zero-order chi connectivity index (χ0) is 17.4. The first-order valence-corrected chi connectivity index (χ1v) is 7.87. The van der Waals surface area contributed by atoms with Crippen LogP contribution in [0.15, 0.2) is 36.5 Å². The molecule has 0 aliphatic heterocycles. The smallest absolute Gasteiger partial charge is 0.319 e. The first kappa shape index (κ1) is 17.7. The van der Waals surface area contributed by atoms with Crippen LogP contribution >= 0.6 is 11.6 Å². The fourth-order valence-corrected chi connectivity index (χ4v) is 1.93. The third kappa shape index (κ3) is 5.24. The third-order valence-electron chi connectivity index (χ3n) is 2.84. The lowest BCUT2D eigenvalue weighted by atomic mass is 10.2. The highest BCUT2D eigenvalue weighted by Gasteiger charge is 2.11. The highest BCUT2D eigenvalue weighted by Crippen LogP contribution is 2.23. The van der Waals surface area contributed by atoms with Crippen molar-refractivity contribution in [1.82, 2.24) is 9.97 Å². The van der Waals surface area contributed by atoms with Crippen LogP contribution in [-0.4, -0.2) is 29.1 Å². The zero-order valence-electron chi connectivity index (χ0n) is 13.5. The van der Waals surface area contributed by atoms with Crippen molar-refractivity contribution in [2.24, 2.45) is 0 Å². The number of anilines is 1. The van der Waals surface area contributed by atoms with Gasteiger partial charge in [-0.15, -0.1) is 0 Å². The maximum Gasteiger partial charge on any atom is 0.319 e. The van der Waals surface area contributed by atoms with Crippen LogP contribution in [0.25, 0.3) is 6.08 Å². The van der Waals surface area contributed by atoms with Gasteiger partial charge in [-0.1, -0.05) is 23.7 Å². The Hall–Kier alpha value is -2.60. The van der Waals surface area contributed by atoms with Gasteiger partial charge in [0.05, 0.1) is 19.4 Å². The summed E-state index contributed by atoms with van der Waals surface area (Å²) in [7, 11) is 0. The van der Waals surface area contributed by atoms with Gasteiger partial charge < -0.3 is 14.8 Å². The van der Waals surface area contributed by atoms with E-state index in [1.165, 1.54) is 12.3 Å². The normalized spacial score (nSPS) is 10.6. The van der Waals surface area contributed by atoms with Crippen molar-refractivity contribution in [3.63, 3.8) is 0 Å². The van der Waals surface area contributed by atoms with Gasteiger partial charge in [0.2, 0.25) is 11.8 Å². The Bertz CT molecular complexity index is 718. The molecule has 1 aromatic heterocycles. The van der Waals surface area contributed by atoms with Gasteiger partial charge in [-0.3, -0.25) is 4.79 Å². The van der Waals surface area contributed by atoms with E-state index < -0.39 is 0 Å². The number of carbonyl (C=O) groups is 1. The maximum absolute atomic E-state index is 12.1. The van der Waals surface area contributed by atoms with E-state index in [-0.39, 0.29) is 17.8 Å². The van der Waals surface area contributed by atoms with Gasteiger partial charge in [-0.2, -0.15) is 4.98 Å². The van der Waals surface area contributed by atoms with Crippen LogP contribution in [-0.2, 0) is 4.79 Å². The molecule has 0 aliphatic rings.